The molecule has 2 heterocycles. The molecule has 3 rings (SSSR count). The molecule has 0 atom stereocenters. The van der Waals surface area contributed by atoms with Gasteiger partial charge in [0.2, 0.25) is 0 Å². The number of aromatic nitrogens is 1. The van der Waals surface area contributed by atoms with Gasteiger partial charge in [0, 0.05) is 45.6 Å². The molecule has 1 saturated heterocycles. The molecular weight excluding hydrogens is 328 g/mol. The first-order valence-electron chi connectivity index (χ1n) is 10.00. The smallest absolute Gasteiger partial charge is 0.315 e. The minimum Gasteiger partial charge on any atom is -0.381 e. The topological polar surface area (TPSA) is 66.5 Å². The summed E-state index contributed by atoms with van der Waals surface area (Å²) in [6.45, 7) is 7.21. The van der Waals surface area contributed by atoms with Crippen LogP contribution in [0.15, 0.2) is 18.3 Å². The minimum absolute atomic E-state index is 0.138. The Bertz CT molecular complexity index is 551. The largest absolute Gasteiger partial charge is 0.381 e. The van der Waals surface area contributed by atoms with Gasteiger partial charge in [0.15, 0.2) is 0 Å². The van der Waals surface area contributed by atoms with Gasteiger partial charge in [0.1, 0.15) is 5.82 Å². The molecule has 1 aliphatic heterocycles. The van der Waals surface area contributed by atoms with Crippen LogP contribution >= 0.6 is 0 Å². The first-order chi connectivity index (χ1) is 12.7. The number of ether oxygens (including phenoxy) is 1. The lowest BCUT2D eigenvalue weighted by Crippen LogP contribution is -2.36. The molecule has 6 nitrogen and oxygen atoms in total. The Morgan fingerprint density at radius 1 is 1.23 bits per heavy atom. The van der Waals surface area contributed by atoms with Gasteiger partial charge in [-0.2, -0.15) is 0 Å². The highest BCUT2D eigenvalue weighted by Gasteiger charge is 2.20. The van der Waals surface area contributed by atoms with E-state index in [-0.39, 0.29) is 6.03 Å². The number of piperidine rings is 1. The van der Waals surface area contributed by atoms with E-state index in [2.05, 4.69) is 33.5 Å². The van der Waals surface area contributed by atoms with E-state index in [1.54, 1.807) is 0 Å². The third-order valence-electron chi connectivity index (χ3n) is 5.17. The zero-order valence-electron chi connectivity index (χ0n) is 15.9. The van der Waals surface area contributed by atoms with Crippen molar-refractivity contribution in [1.29, 1.82) is 0 Å². The van der Waals surface area contributed by atoms with Crippen molar-refractivity contribution in [1.82, 2.24) is 15.6 Å². The van der Waals surface area contributed by atoms with Crippen molar-refractivity contribution in [3.05, 3.63) is 23.9 Å². The summed E-state index contributed by atoms with van der Waals surface area (Å²) in [5.74, 6) is 2.65. The van der Waals surface area contributed by atoms with Gasteiger partial charge in [-0.3, -0.25) is 0 Å². The Hall–Kier alpha value is -1.82. The predicted molar refractivity (Wildman–Crippen MR) is 103 cm³/mol. The van der Waals surface area contributed by atoms with E-state index in [1.807, 2.05) is 12.3 Å². The Labute approximate surface area is 156 Å². The first kappa shape index (κ1) is 19.0. The number of hydrogen-bond acceptors (Lipinski definition) is 4. The molecule has 0 spiro atoms. The fourth-order valence-electron chi connectivity index (χ4n) is 3.10. The first-order valence-corrected chi connectivity index (χ1v) is 10.00. The van der Waals surface area contributed by atoms with Crippen molar-refractivity contribution in [2.75, 3.05) is 37.7 Å². The van der Waals surface area contributed by atoms with Crippen LogP contribution in [0, 0.1) is 11.8 Å². The second kappa shape index (κ2) is 9.76. The molecule has 6 heteroatoms. The van der Waals surface area contributed by atoms with Crippen LogP contribution < -0.4 is 15.5 Å². The lowest BCUT2D eigenvalue weighted by Gasteiger charge is -2.31. The van der Waals surface area contributed by atoms with Crippen molar-refractivity contribution in [3.8, 4) is 0 Å². The van der Waals surface area contributed by atoms with Crippen LogP contribution in [0.5, 0.6) is 0 Å². The van der Waals surface area contributed by atoms with Gasteiger partial charge < -0.3 is 20.3 Å². The molecule has 2 amide bonds. The maximum Gasteiger partial charge on any atom is 0.315 e. The van der Waals surface area contributed by atoms with Crippen molar-refractivity contribution < 1.29 is 9.53 Å². The summed E-state index contributed by atoms with van der Waals surface area (Å²) >= 11 is 0. The number of hydrogen-bond donors (Lipinski definition) is 2. The standard InChI is InChI=1S/C20H32N4O2/c1-16-7-10-24(11-8-16)19-6-5-18(13-22-19)14-23-20(25)21-9-2-12-26-15-17-3-4-17/h5-6,13,16-17H,2-4,7-12,14-15H2,1H3,(H2,21,23,25). The number of pyridine rings is 1. The molecule has 1 aliphatic carbocycles. The van der Waals surface area contributed by atoms with Crippen LogP contribution in [0.25, 0.3) is 0 Å². The van der Waals surface area contributed by atoms with Crippen molar-refractivity contribution in [3.63, 3.8) is 0 Å². The zero-order chi connectivity index (χ0) is 18.2. The Morgan fingerprint density at radius 3 is 2.73 bits per heavy atom. The van der Waals surface area contributed by atoms with E-state index in [1.165, 1.54) is 25.7 Å². The lowest BCUT2D eigenvalue weighted by molar-refractivity contribution is 0.122. The second-order valence-electron chi connectivity index (χ2n) is 7.68. The Morgan fingerprint density at radius 2 is 2.04 bits per heavy atom. The minimum atomic E-state index is -0.138. The SMILES string of the molecule is CC1CCN(c2ccc(CNC(=O)NCCCOCC3CC3)cn2)CC1. The Kier molecular flexibility index (Phi) is 7.12. The van der Waals surface area contributed by atoms with Crippen molar-refractivity contribution >= 4 is 11.8 Å². The summed E-state index contributed by atoms with van der Waals surface area (Å²) in [4.78, 5) is 18.7. The summed E-state index contributed by atoms with van der Waals surface area (Å²) in [6.07, 6.45) is 7.80. The highest BCUT2D eigenvalue weighted by atomic mass is 16.5. The number of amides is 2. The predicted octanol–water partition coefficient (Wildman–Crippen LogP) is 2.93. The average molecular weight is 361 g/mol. The van der Waals surface area contributed by atoms with E-state index in [4.69, 9.17) is 4.74 Å². The van der Waals surface area contributed by atoms with Gasteiger partial charge in [-0.05, 0) is 55.6 Å². The summed E-state index contributed by atoms with van der Waals surface area (Å²) < 4.78 is 5.55. The van der Waals surface area contributed by atoms with Crippen LogP contribution in [0.2, 0.25) is 0 Å². The second-order valence-corrected chi connectivity index (χ2v) is 7.68. The molecule has 2 aliphatic rings. The summed E-state index contributed by atoms with van der Waals surface area (Å²) in [5, 5.41) is 5.74. The van der Waals surface area contributed by atoms with Gasteiger partial charge in [-0.25, -0.2) is 9.78 Å². The van der Waals surface area contributed by atoms with Crippen molar-refractivity contribution in [2.45, 2.75) is 45.6 Å². The molecule has 1 aromatic heterocycles. The number of rotatable bonds is 9. The number of anilines is 1. The number of carbonyl (C=O) groups excluding carboxylic acids is 1. The van der Waals surface area contributed by atoms with Crippen LogP contribution in [-0.2, 0) is 11.3 Å². The van der Waals surface area contributed by atoms with Gasteiger partial charge in [-0.15, -0.1) is 0 Å². The van der Waals surface area contributed by atoms with E-state index in [9.17, 15) is 4.79 Å². The highest BCUT2D eigenvalue weighted by molar-refractivity contribution is 5.73. The van der Waals surface area contributed by atoms with Crippen LogP contribution in [0.3, 0.4) is 0 Å². The molecule has 2 N–H and O–H groups in total. The van der Waals surface area contributed by atoms with Crippen LogP contribution in [-0.4, -0.2) is 43.9 Å². The third kappa shape index (κ3) is 6.48. The number of nitrogens with one attached hydrogen (secondary N) is 2. The molecular formula is C20H32N4O2. The molecule has 0 radical (unpaired) electrons. The fourth-order valence-corrected chi connectivity index (χ4v) is 3.10. The normalized spacial score (nSPS) is 18.0. The number of carbonyl (C=O) groups is 1. The Balaban J connectivity index is 1.28. The van der Waals surface area contributed by atoms with Crippen molar-refractivity contribution in [2.24, 2.45) is 11.8 Å². The van der Waals surface area contributed by atoms with E-state index >= 15 is 0 Å². The maximum absolute atomic E-state index is 11.8. The highest BCUT2D eigenvalue weighted by Crippen LogP contribution is 2.28. The molecule has 0 aromatic carbocycles. The maximum atomic E-state index is 11.8. The average Bonchev–Trinajstić information content (AvgIpc) is 3.48. The van der Waals surface area contributed by atoms with Gasteiger partial charge in [-0.1, -0.05) is 13.0 Å². The molecule has 26 heavy (non-hydrogen) atoms. The molecule has 0 bridgehead atoms. The van der Waals surface area contributed by atoms with Crippen LogP contribution in [0.1, 0.15) is 44.6 Å². The van der Waals surface area contributed by atoms with E-state index < -0.39 is 0 Å². The van der Waals surface area contributed by atoms with E-state index in [0.29, 0.717) is 13.1 Å². The molecule has 2 fully saturated rings. The fraction of sp³-hybridized carbons (Fsp3) is 0.700. The molecule has 1 saturated carbocycles. The van der Waals surface area contributed by atoms with Gasteiger partial charge in [0.25, 0.3) is 0 Å². The lowest BCUT2D eigenvalue weighted by atomic mass is 9.99. The quantitative estimate of drug-likeness (QED) is 0.665. The molecule has 1 aromatic rings. The number of urea groups is 1. The van der Waals surface area contributed by atoms with Gasteiger partial charge >= 0.3 is 6.03 Å². The summed E-state index contributed by atoms with van der Waals surface area (Å²) in [6, 6.07) is 3.97. The molecule has 0 unspecified atom stereocenters. The molecule has 144 valence electrons. The summed E-state index contributed by atoms with van der Waals surface area (Å²) in [5.41, 5.74) is 1.02. The monoisotopic (exact) mass is 360 g/mol. The third-order valence-corrected chi connectivity index (χ3v) is 5.17. The zero-order valence-corrected chi connectivity index (χ0v) is 15.9. The van der Waals surface area contributed by atoms with E-state index in [0.717, 1.165) is 55.9 Å². The van der Waals surface area contributed by atoms with Gasteiger partial charge in [0.05, 0.1) is 0 Å². The number of nitrogens with zero attached hydrogens (tertiary/aromatic N) is 2. The summed E-state index contributed by atoms with van der Waals surface area (Å²) in [7, 11) is 0. The van der Waals surface area contributed by atoms with Crippen LogP contribution in [0.4, 0.5) is 10.6 Å².